The van der Waals surface area contributed by atoms with Crippen molar-refractivity contribution in [1.82, 2.24) is 14.8 Å². The number of hydrogen-bond acceptors (Lipinski definition) is 5. The van der Waals surface area contributed by atoms with Crippen LogP contribution in [-0.4, -0.2) is 39.1 Å². The van der Waals surface area contributed by atoms with Gasteiger partial charge in [0.15, 0.2) is 5.16 Å². The number of amides is 1. The van der Waals surface area contributed by atoms with Gasteiger partial charge >= 0.3 is 0 Å². The van der Waals surface area contributed by atoms with Gasteiger partial charge in [-0.25, -0.2) is 8.78 Å². The second kappa shape index (κ2) is 8.79. The van der Waals surface area contributed by atoms with Crippen LogP contribution < -0.4 is 5.32 Å². The number of carbonyl (C=O) groups excluding carboxylic acids is 1. The smallest absolute Gasteiger partial charge is 0.234 e. The Balaban J connectivity index is 1.65. The Hall–Kier alpha value is -2.00. The number of nitrogens with one attached hydrogen (secondary N) is 1. The van der Waals surface area contributed by atoms with Crippen molar-refractivity contribution in [2.24, 2.45) is 0 Å². The predicted octanol–water partition coefficient (Wildman–Crippen LogP) is 3.59. The van der Waals surface area contributed by atoms with Crippen molar-refractivity contribution in [3.63, 3.8) is 0 Å². The first-order chi connectivity index (χ1) is 12.9. The Labute approximate surface area is 160 Å². The van der Waals surface area contributed by atoms with Gasteiger partial charge in [-0.2, -0.15) is 0 Å². The first kappa shape index (κ1) is 19.8. The van der Waals surface area contributed by atoms with Crippen LogP contribution in [0.5, 0.6) is 0 Å². The van der Waals surface area contributed by atoms with E-state index in [1.807, 2.05) is 18.4 Å². The lowest BCUT2D eigenvalue weighted by molar-refractivity contribution is -0.113. The van der Waals surface area contributed by atoms with Gasteiger partial charge in [0.2, 0.25) is 5.91 Å². The van der Waals surface area contributed by atoms with Crippen LogP contribution in [0.1, 0.15) is 38.4 Å². The summed E-state index contributed by atoms with van der Waals surface area (Å²) < 4.78 is 34.3. The van der Waals surface area contributed by atoms with E-state index in [2.05, 4.69) is 15.5 Å². The summed E-state index contributed by atoms with van der Waals surface area (Å²) in [5.74, 6) is -0.824. The molecule has 1 amide bonds. The van der Waals surface area contributed by atoms with Crippen molar-refractivity contribution < 1.29 is 18.3 Å². The molecule has 0 aliphatic carbocycles. The van der Waals surface area contributed by atoms with Crippen LogP contribution in [0.2, 0.25) is 0 Å². The zero-order chi connectivity index (χ0) is 19.4. The van der Waals surface area contributed by atoms with Gasteiger partial charge in [0.05, 0.1) is 24.1 Å². The molecule has 1 N–H and O–H groups in total. The third kappa shape index (κ3) is 5.04. The average Bonchev–Trinajstić information content (AvgIpc) is 3.26. The topological polar surface area (TPSA) is 69.0 Å². The number of aromatic nitrogens is 3. The zero-order valence-electron chi connectivity index (χ0n) is 15.2. The van der Waals surface area contributed by atoms with Gasteiger partial charge < -0.3 is 14.6 Å². The van der Waals surface area contributed by atoms with E-state index in [0.29, 0.717) is 11.7 Å². The summed E-state index contributed by atoms with van der Waals surface area (Å²) in [5.41, 5.74) is -0.0503. The first-order valence-corrected chi connectivity index (χ1v) is 9.85. The normalized spacial score (nSPS) is 16.9. The number of rotatable bonds is 7. The minimum absolute atomic E-state index is 0.0402. The molecule has 3 rings (SSSR count). The quantitative estimate of drug-likeness (QED) is 0.725. The molecule has 27 heavy (non-hydrogen) atoms. The molecule has 1 atom stereocenters. The maximum Gasteiger partial charge on any atom is 0.234 e. The lowest BCUT2D eigenvalue weighted by Crippen LogP contribution is -2.19. The molecule has 1 saturated heterocycles. The van der Waals surface area contributed by atoms with Crippen LogP contribution in [0, 0.1) is 11.6 Å². The molecular weight excluding hydrogens is 374 g/mol. The SMILES string of the molecule is CC(C)c1nnc(SCC(=O)Nc2ccc(F)cc2F)n1CC1CCCO1. The van der Waals surface area contributed by atoms with Crippen molar-refractivity contribution in [3.8, 4) is 0 Å². The molecule has 0 bridgehead atoms. The lowest BCUT2D eigenvalue weighted by Gasteiger charge is -2.16. The molecule has 6 nitrogen and oxygen atoms in total. The van der Waals surface area contributed by atoms with Crippen LogP contribution in [0.15, 0.2) is 23.4 Å². The van der Waals surface area contributed by atoms with Crippen molar-refractivity contribution in [1.29, 1.82) is 0 Å². The highest BCUT2D eigenvalue weighted by molar-refractivity contribution is 7.99. The van der Waals surface area contributed by atoms with E-state index in [4.69, 9.17) is 4.74 Å². The van der Waals surface area contributed by atoms with E-state index in [1.165, 1.54) is 17.8 Å². The third-order valence-electron chi connectivity index (χ3n) is 4.21. The summed E-state index contributed by atoms with van der Waals surface area (Å²) in [7, 11) is 0. The molecule has 1 aromatic heterocycles. The summed E-state index contributed by atoms with van der Waals surface area (Å²) in [6.07, 6.45) is 2.15. The second-order valence-electron chi connectivity index (χ2n) is 6.70. The van der Waals surface area contributed by atoms with E-state index in [0.717, 1.165) is 37.4 Å². The molecule has 1 aliphatic heterocycles. The monoisotopic (exact) mass is 396 g/mol. The number of carbonyl (C=O) groups is 1. The maximum absolute atomic E-state index is 13.7. The number of nitrogens with zero attached hydrogens (tertiary/aromatic N) is 3. The van der Waals surface area contributed by atoms with Gasteiger partial charge in [-0.15, -0.1) is 10.2 Å². The van der Waals surface area contributed by atoms with Crippen LogP contribution in [0.25, 0.3) is 0 Å². The summed E-state index contributed by atoms with van der Waals surface area (Å²) in [6.45, 7) is 5.48. The van der Waals surface area contributed by atoms with E-state index in [9.17, 15) is 13.6 Å². The minimum atomic E-state index is -0.808. The number of halogens is 2. The van der Waals surface area contributed by atoms with E-state index >= 15 is 0 Å². The van der Waals surface area contributed by atoms with Gasteiger partial charge in [0.1, 0.15) is 17.5 Å². The van der Waals surface area contributed by atoms with Gasteiger partial charge in [0, 0.05) is 18.6 Å². The van der Waals surface area contributed by atoms with Gasteiger partial charge in [-0.05, 0) is 25.0 Å². The van der Waals surface area contributed by atoms with Crippen molar-refractivity contribution in [2.75, 3.05) is 17.7 Å². The van der Waals surface area contributed by atoms with Crippen LogP contribution in [0.3, 0.4) is 0 Å². The molecule has 1 fully saturated rings. The van der Waals surface area contributed by atoms with Gasteiger partial charge in [-0.1, -0.05) is 25.6 Å². The van der Waals surface area contributed by atoms with E-state index in [1.54, 1.807) is 0 Å². The van der Waals surface area contributed by atoms with Crippen LogP contribution in [0.4, 0.5) is 14.5 Å². The minimum Gasteiger partial charge on any atom is -0.376 e. The van der Waals surface area contributed by atoms with Gasteiger partial charge in [0.25, 0.3) is 0 Å². The lowest BCUT2D eigenvalue weighted by atomic mass is 10.2. The molecule has 2 aromatic rings. The molecular formula is C18H22F2N4O2S. The first-order valence-electron chi connectivity index (χ1n) is 8.86. The van der Waals surface area contributed by atoms with E-state index in [-0.39, 0.29) is 23.5 Å². The number of ether oxygens (including phenoxy) is 1. The molecule has 146 valence electrons. The van der Waals surface area contributed by atoms with Gasteiger partial charge in [-0.3, -0.25) is 4.79 Å². The molecule has 0 radical (unpaired) electrons. The summed E-state index contributed by atoms with van der Waals surface area (Å²) in [5, 5.41) is 11.5. The molecule has 1 aromatic carbocycles. The Kier molecular flexibility index (Phi) is 6.43. The van der Waals surface area contributed by atoms with E-state index < -0.39 is 17.5 Å². The second-order valence-corrected chi connectivity index (χ2v) is 7.64. The highest BCUT2D eigenvalue weighted by Crippen LogP contribution is 2.25. The number of hydrogen-bond donors (Lipinski definition) is 1. The fourth-order valence-electron chi connectivity index (χ4n) is 2.90. The number of benzene rings is 1. The molecule has 0 spiro atoms. The van der Waals surface area contributed by atoms with Crippen molar-refractivity contribution in [3.05, 3.63) is 35.7 Å². The Bertz CT molecular complexity index is 807. The molecule has 2 heterocycles. The Morgan fingerprint density at radius 3 is 2.89 bits per heavy atom. The third-order valence-corrected chi connectivity index (χ3v) is 5.18. The highest BCUT2D eigenvalue weighted by Gasteiger charge is 2.22. The zero-order valence-corrected chi connectivity index (χ0v) is 16.1. The van der Waals surface area contributed by atoms with Crippen LogP contribution >= 0.6 is 11.8 Å². The molecule has 0 saturated carbocycles. The highest BCUT2D eigenvalue weighted by atomic mass is 32.2. The fourth-order valence-corrected chi connectivity index (χ4v) is 3.66. The number of thioether (sulfide) groups is 1. The van der Waals surface area contributed by atoms with Crippen molar-refractivity contribution in [2.45, 2.75) is 50.4 Å². The largest absolute Gasteiger partial charge is 0.376 e. The molecule has 9 heteroatoms. The van der Waals surface area contributed by atoms with Crippen LogP contribution in [-0.2, 0) is 16.1 Å². The fraction of sp³-hybridized carbons (Fsp3) is 0.500. The predicted molar refractivity (Wildman–Crippen MR) is 98.8 cm³/mol. The summed E-state index contributed by atoms with van der Waals surface area (Å²) in [4.78, 5) is 12.1. The Morgan fingerprint density at radius 2 is 2.22 bits per heavy atom. The molecule has 1 aliphatic rings. The summed E-state index contributed by atoms with van der Waals surface area (Å²) >= 11 is 1.23. The standard InChI is InChI=1S/C18H22F2N4O2S/c1-11(2)17-22-23-18(24(17)9-13-4-3-7-26-13)27-10-16(25)21-15-6-5-12(19)8-14(15)20/h5-6,8,11,13H,3-4,7,9-10H2,1-2H3,(H,21,25). The summed E-state index contributed by atoms with van der Waals surface area (Å²) in [6, 6.07) is 3.03. The number of anilines is 1. The maximum atomic E-state index is 13.7. The average molecular weight is 396 g/mol. The molecule has 1 unspecified atom stereocenters. The Morgan fingerprint density at radius 1 is 1.41 bits per heavy atom. The van der Waals surface area contributed by atoms with Crippen molar-refractivity contribution >= 4 is 23.4 Å².